The third-order valence-electron chi connectivity index (χ3n) is 4.19. The number of halogens is 1. The topological polar surface area (TPSA) is 29.5 Å². The van der Waals surface area contributed by atoms with E-state index in [9.17, 15) is 4.39 Å². The van der Waals surface area contributed by atoms with Crippen molar-refractivity contribution in [1.29, 1.82) is 0 Å². The monoisotopic (exact) mass is 290 g/mol. The van der Waals surface area contributed by atoms with Crippen LogP contribution in [-0.4, -0.2) is 17.8 Å². The molecule has 1 fully saturated rings. The third kappa shape index (κ3) is 4.56. The molecule has 2 rings (SSSR count). The first kappa shape index (κ1) is 16.0. The molecule has 0 saturated heterocycles. The largest absolute Gasteiger partial charge is 0.384 e. The van der Waals surface area contributed by atoms with Crippen LogP contribution >= 0.6 is 0 Å². The lowest BCUT2D eigenvalue weighted by Gasteiger charge is -2.30. The fourth-order valence-corrected chi connectivity index (χ4v) is 2.98. The quantitative estimate of drug-likeness (QED) is 0.858. The first-order chi connectivity index (χ1) is 10.2. The van der Waals surface area contributed by atoms with Gasteiger partial charge >= 0.3 is 0 Å². The van der Waals surface area contributed by atoms with Gasteiger partial charge in [-0.3, -0.25) is 0 Å². The lowest BCUT2D eigenvalue weighted by atomic mass is 9.85. The third-order valence-corrected chi connectivity index (χ3v) is 4.19. The zero-order valence-electron chi connectivity index (χ0n) is 12.6. The second kappa shape index (κ2) is 8.17. The maximum Gasteiger partial charge on any atom is 0.124 e. The van der Waals surface area contributed by atoms with Gasteiger partial charge in [0, 0.05) is 5.56 Å². The summed E-state index contributed by atoms with van der Waals surface area (Å²) in [6, 6.07) is 4.56. The highest BCUT2D eigenvalue weighted by Gasteiger charge is 2.24. The molecule has 0 aromatic heterocycles. The van der Waals surface area contributed by atoms with Gasteiger partial charge in [0.15, 0.2) is 0 Å². The Morgan fingerprint density at radius 1 is 1.33 bits per heavy atom. The molecule has 21 heavy (non-hydrogen) atoms. The van der Waals surface area contributed by atoms with E-state index in [1.54, 1.807) is 6.07 Å². The minimum absolute atomic E-state index is 0.225. The van der Waals surface area contributed by atoms with Gasteiger partial charge in [-0.05, 0) is 36.5 Å². The fraction of sp³-hybridized carbons (Fsp3) is 0.556. The Balaban J connectivity index is 2.05. The summed E-state index contributed by atoms with van der Waals surface area (Å²) in [6.07, 6.45) is 6.31. The van der Waals surface area contributed by atoms with Gasteiger partial charge in [-0.25, -0.2) is 4.39 Å². The van der Waals surface area contributed by atoms with E-state index in [1.807, 2.05) is 0 Å². The van der Waals surface area contributed by atoms with Crippen molar-refractivity contribution in [2.75, 3.05) is 6.61 Å². The number of ether oxygens (including phenoxy) is 1. The summed E-state index contributed by atoms with van der Waals surface area (Å²) in [5, 5.41) is 8.79. The average Bonchev–Trinajstić information content (AvgIpc) is 2.52. The van der Waals surface area contributed by atoms with E-state index < -0.39 is 0 Å². The van der Waals surface area contributed by atoms with Crippen LogP contribution in [0.5, 0.6) is 0 Å². The maximum atomic E-state index is 13.3. The van der Waals surface area contributed by atoms with Crippen molar-refractivity contribution < 1.29 is 14.2 Å². The van der Waals surface area contributed by atoms with Crippen LogP contribution in [0.1, 0.15) is 50.2 Å². The van der Waals surface area contributed by atoms with Crippen LogP contribution in [0, 0.1) is 23.6 Å². The zero-order chi connectivity index (χ0) is 15.1. The van der Waals surface area contributed by atoms with E-state index in [1.165, 1.54) is 31.4 Å². The molecule has 2 atom stereocenters. The Morgan fingerprint density at radius 2 is 2.14 bits per heavy atom. The molecule has 114 valence electrons. The molecule has 1 aliphatic carbocycles. The van der Waals surface area contributed by atoms with Crippen molar-refractivity contribution >= 4 is 0 Å². The standard InChI is InChI=1S/C18H23FO2/c1-2-14-6-3-4-8-18(14)21-13-16-9-10-17(19)12-15(16)7-5-11-20/h9-10,12,14,18,20H,2-4,6,8,11,13H2,1H3. The van der Waals surface area contributed by atoms with Gasteiger partial charge in [-0.1, -0.05) is 44.1 Å². The second-order valence-corrected chi connectivity index (χ2v) is 5.56. The highest BCUT2D eigenvalue weighted by atomic mass is 19.1. The normalized spacial score (nSPS) is 21.7. The Bertz CT molecular complexity index is 516. The summed E-state index contributed by atoms with van der Waals surface area (Å²) in [4.78, 5) is 0. The van der Waals surface area contributed by atoms with Gasteiger partial charge < -0.3 is 9.84 Å². The minimum atomic E-state index is -0.315. The summed E-state index contributed by atoms with van der Waals surface area (Å²) in [7, 11) is 0. The minimum Gasteiger partial charge on any atom is -0.384 e. The number of hydrogen-bond acceptors (Lipinski definition) is 2. The summed E-state index contributed by atoms with van der Waals surface area (Å²) in [6.45, 7) is 2.44. The van der Waals surface area contributed by atoms with Crippen LogP contribution in [0.25, 0.3) is 0 Å². The lowest BCUT2D eigenvalue weighted by molar-refractivity contribution is -0.0222. The first-order valence-corrected chi connectivity index (χ1v) is 7.74. The number of hydrogen-bond donors (Lipinski definition) is 1. The van der Waals surface area contributed by atoms with E-state index in [0.29, 0.717) is 24.2 Å². The fourth-order valence-electron chi connectivity index (χ4n) is 2.98. The molecule has 2 nitrogen and oxygen atoms in total. The van der Waals surface area contributed by atoms with Crippen LogP contribution < -0.4 is 0 Å². The van der Waals surface area contributed by atoms with Gasteiger partial charge in [0.1, 0.15) is 12.4 Å². The molecule has 0 radical (unpaired) electrons. The maximum absolute atomic E-state index is 13.3. The zero-order valence-corrected chi connectivity index (χ0v) is 12.6. The molecule has 1 aromatic carbocycles. The summed E-state index contributed by atoms with van der Waals surface area (Å²) < 4.78 is 19.4. The number of benzene rings is 1. The first-order valence-electron chi connectivity index (χ1n) is 7.74. The Labute approximate surface area is 126 Å². The van der Waals surface area contributed by atoms with E-state index >= 15 is 0 Å². The summed E-state index contributed by atoms with van der Waals surface area (Å²) >= 11 is 0. The number of rotatable bonds is 4. The molecule has 1 aromatic rings. The Kier molecular flexibility index (Phi) is 6.22. The van der Waals surface area contributed by atoms with Gasteiger partial charge in [0.05, 0.1) is 12.7 Å². The molecule has 1 aliphatic rings. The molecule has 3 heteroatoms. The van der Waals surface area contributed by atoms with Gasteiger partial charge in [0.25, 0.3) is 0 Å². The summed E-state index contributed by atoms with van der Waals surface area (Å²) in [5.41, 5.74) is 1.49. The van der Waals surface area contributed by atoms with Crippen molar-refractivity contribution in [3.05, 3.63) is 35.1 Å². The van der Waals surface area contributed by atoms with Crippen molar-refractivity contribution in [3.63, 3.8) is 0 Å². The van der Waals surface area contributed by atoms with Crippen LogP contribution in [0.4, 0.5) is 4.39 Å². The lowest BCUT2D eigenvalue weighted by Crippen LogP contribution is -2.27. The van der Waals surface area contributed by atoms with Gasteiger partial charge in [-0.15, -0.1) is 0 Å². The van der Waals surface area contributed by atoms with Crippen LogP contribution in [0.3, 0.4) is 0 Å². The van der Waals surface area contributed by atoms with Crippen LogP contribution in [0.2, 0.25) is 0 Å². The molecular weight excluding hydrogens is 267 g/mol. The Hall–Kier alpha value is -1.37. The molecule has 0 heterocycles. The van der Waals surface area contributed by atoms with E-state index in [0.717, 1.165) is 18.4 Å². The molecule has 0 amide bonds. The number of aliphatic hydroxyl groups excluding tert-OH is 1. The molecule has 1 saturated carbocycles. The molecular formula is C18H23FO2. The van der Waals surface area contributed by atoms with Gasteiger partial charge in [0.2, 0.25) is 0 Å². The second-order valence-electron chi connectivity index (χ2n) is 5.56. The molecule has 0 aliphatic heterocycles. The van der Waals surface area contributed by atoms with E-state index in [-0.39, 0.29) is 12.4 Å². The van der Waals surface area contributed by atoms with Gasteiger partial charge in [-0.2, -0.15) is 0 Å². The van der Waals surface area contributed by atoms with E-state index in [4.69, 9.17) is 9.84 Å². The van der Waals surface area contributed by atoms with Crippen LogP contribution in [-0.2, 0) is 11.3 Å². The van der Waals surface area contributed by atoms with Crippen molar-refractivity contribution in [2.45, 2.75) is 51.7 Å². The van der Waals surface area contributed by atoms with E-state index in [2.05, 4.69) is 18.8 Å². The predicted octanol–water partition coefficient (Wildman–Crippen LogP) is 3.65. The highest BCUT2D eigenvalue weighted by molar-refractivity contribution is 5.41. The highest BCUT2D eigenvalue weighted by Crippen LogP contribution is 2.30. The van der Waals surface area contributed by atoms with Crippen molar-refractivity contribution in [2.24, 2.45) is 5.92 Å². The average molecular weight is 290 g/mol. The SMILES string of the molecule is CCC1CCCCC1OCc1ccc(F)cc1C#CCO. The molecule has 2 unspecified atom stereocenters. The van der Waals surface area contributed by atoms with Crippen molar-refractivity contribution in [3.8, 4) is 11.8 Å². The molecule has 1 N–H and O–H groups in total. The van der Waals surface area contributed by atoms with Crippen molar-refractivity contribution in [1.82, 2.24) is 0 Å². The molecule has 0 bridgehead atoms. The van der Waals surface area contributed by atoms with Crippen LogP contribution in [0.15, 0.2) is 18.2 Å². The molecule has 0 spiro atoms. The predicted molar refractivity (Wildman–Crippen MR) is 81.2 cm³/mol. The number of aliphatic hydroxyl groups is 1. The Morgan fingerprint density at radius 3 is 2.90 bits per heavy atom. The smallest absolute Gasteiger partial charge is 0.124 e. The summed E-state index contributed by atoms with van der Waals surface area (Å²) in [5.74, 6) is 5.69.